The first-order chi connectivity index (χ1) is 14.9. The number of halogens is 4. The maximum Gasteiger partial charge on any atom is 0.416 e. The van der Waals surface area contributed by atoms with Crippen molar-refractivity contribution in [1.82, 2.24) is 15.5 Å². The molecule has 2 heterocycles. The quantitative estimate of drug-likeness (QED) is 0.229. The molecule has 0 amide bonds. The summed E-state index contributed by atoms with van der Waals surface area (Å²) in [5.74, 6) is 6.30. The number of hydrogen-bond donors (Lipinski definition) is 2. The zero-order valence-corrected chi connectivity index (χ0v) is 21.1. The summed E-state index contributed by atoms with van der Waals surface area (Å²) in [6.45, 7) is 5.99. The summed E-state index contributed by atoms with van der Waals surface area (Å²) in [5.41, 5.74) is 1.01. The van der Waals surface area contributed by atoms with E-state index in [1.54, 1.807) is 17.4 Å². The Morgan fingerprint density at radius 1 is 1.25 bits per heavy atom. The van der Waals surface area contributed by atoms with Gasteiger partial charge in [0.25, 0.3) is 0 Å². The standard InChI is InChI=1S/C23H27F3N4S.HI/c1-2-27-22(28-11-4-6-18-5-3-7-20(15-18)23(24,25)26)29-21-8-12-30(13-9-21)16-19-10-14-31-17-19;/h3,5,7,10,14-15,17,21H,2,8-9,11-13,16H2,1H3,(H2,27,28,29);1H. The third kappa shape index (κ3) is 8.64. The van der Waals surface area contributed by atoms with Gasteiger partial charge < -0.3 is 10.6 Å². The highest BCUT2D eigenvalue weighted by atomic mass is 127. The van der Waals surface area contributed by atoms with Crippen molar-refractivity contribution in [3.05, 3.63) is 57.8 Å². The predicted molar refractivity (Wildman–Crippen MR) is 135 cm³/mol. The van der Waals surface area contributed by atoms with Crippen molar-refractivity contribution >= 4 is 41.3 Å². The molecule has 1 aromatic carbocycles. The Hall–Kier alpha value is -1.77. The summed E-state index contributed by atoms with van der Waals surface area (Å²) in [6, 6.07) is 7.55. The Kier molecular flexibility index (Phi) is 10.8. The molecule has 32 heavy (non-hydrogen) atoms. The summed E-state index contributed by atoms with van der Waals surface area (Å²) in [6.07, 6.45) is -2.30. The van der Waals surface area contributed by atoms with Gasteiger partial charge in [-0.2, -0.15) is 24.5 Å². The Morgan fingerprint density at radius 3 is 2.69 bits per heavy atom. The number of thiophene rings is 1. The molecule has 0 radical (unpaired) electrons. The molecule has 0 saturated carbocycles. The van der Waals surface area contributed by atoms with Crippen LogP contribution in [-0.2, 0) is 12.7 Å². The van der Waals surface area contributed by atoms with E-state index in [2.05, 4.69) is 49.2 Å². The topological polar surface area (TPSA) is 39.7 Å². The van der Waals surface area contributed by atoms with E-state index in [-0.39, 0.29) is 30.5 Å². The van der Waals surface area contributed by atoms with Gasteiger partial charge in [-0.3, -0.25) is 4.90 Å². The monoisotopic (exact) mass is 576 g/mol. The molecular formula is C23H28F3IN4S. The maximum absolute atomic E-state index is 12.8. The summed E-state index contributed by atoms with van der Waals surface area (Å²) in [7, 11) is 0. The highest BCUT2D eigenvalue weighted by Gasteiger charge is 2.30. The molecule has 0 bridgehead atoms. The van der Waals surface area contributed by atoms with Gasteiger partial charge in [-0.15, -0.1) is 24.0 Å². The zero-order valence-electron chi connectivity index (χ0n) is 17.9. The molecule has 1 fully saturated rings. The van der Waals surface area contributed by atoms with E-state index in [9.17, 15) is 13.2 Å². The van der Waals surface area contributed by atoms with Crippen molar-refractivity contribution in [3.63, 3.8) is 0 Å². The van der Waals surface area contributed by atoms with Gasteiger partial charge in [0.1, 0.15) is 6.54 Å². The van der Waals surface area contributed by atoms with Gasteiger partial charge >= 0.3 is 6.18 Å². The minimum atomic E-state index is -4.36. The molecule has 1 aliphatic rings. The van der Waals surface area contributed by atoms with Crippen LogP contribution in [-0.4, -0.2) is 43.1 Å². The summed E-state index contributed by atoms with van der Waals surface area (Å²) in [5, 5.41) is 11.0. The van der Waals surface area contributed by atoms with Crippen LogP contribution in [0.25, 0.3) is 0 Å². The molecule has 0 aliphatic carbocycles. The second kappa shape index (κ2) is 13.1. The van der Waals surface area contributed by atoms with Crippen molar-refractivity contribution in [1.29, 1.82) is 0 Å². The Labute approximate surface area is 208 Å². The van der Waals surface area contributed by atoms with Gasteiger partial charge in [0.05, 0.1) is 5.56 Å². The number of nitrogens with zero attached hydrogens (tertiary/aromatic N) is 2. The lowest BCUT2D eigenvalue weighted by Crippen LogP contribution is -2.48. The number of hydrogen-bond acceptors (Lipinski definition) is 3. The number of rotatable bonds is 5. The van der Waals surface area contributed by atoms with Gasteiger partial charge in [0.2, 0.25) is 0 Å². The number of guanidine groups is 1. The molecule has 4 nitrogen and oxygen atoms in total. The number of alkyl halides is 3. The fourth-order valence-corrected chi connectivity index (χ4v) is 4.08. The lowest BCUT2D eigenvalue weighted by Gasteiger charge is -2.32. The molecule has 9 heteroatoms. The first kappa shape index (κ1) is 26.5. The van der Waals surface area contributed by atoms with Crippen LogP contribution in [0.2, 0.25) is 0 Å². The highest BCUT2D eigenvalue weighted by Crippen LogP contribution is 2.29. The molecule has 0 unspecified atom stereocenters. The predicted octanol–water partition coefficient (Wildman–Crippen LogP) is 4.96. The first-order valence-electron chi connectivity index (χ1n) is 10.4. The Bertz CT molecular complexity index is 911. The number of likely N-dealkylation sites (tertiary alicyclic amines) is 1. The minimum Gasteiger partial charge on any atom is -0.357 e. The van der Waals surface area contributed by atoms with Gasteiger partial charge in [0, 0.05) is 37.8 Å². The fourth-order valence-electron chi connectivity index (χ4n) is 3.42. The van der Waals surface area contributed by atoms with E-state index in [1.807, 2.05) is 6.92 Å². The highest BCUT2D eigenvalue weighted by molar-refractivity contribution is 14.0. The smallest absolute Gasteiger partial charge is 0.357 e. The van der Waals surface area contributed by atoms with Gasteiger partial charge in [-0.1, -0.05) is 17.9 Å². The Morgan fingerprint density at radius 2 is 2.03 bits per heavy atom. The second-order valence-corrected chi connectivity index (χ2v) is 8.18. The molecule has 1 aromatic heterocycles. The van der Waals surface area contributed by atoms with Gasteiger partial charge in [-0.05, 0) is 60.4 Å². The fraction of sp³-hybridized carbons (Fsp3) is 0.435. The van der Waals surface area contributed by atoms with Crippen LogP contribution in [0.4, 0.5) is 13.2 Å². The average molecular weight is 576 g/mol. The normalized spacial score (nSPS) is 15.4. The van der Waals surface area contributed by atoms with E-state index < -0.39 is 11.7 Å². The van der Waals surface area contributed by atoms with Crippen LogP contribution >= 0.6 is 35.3 Å². The van der Waals surface area contributed by atoms with E-state index >= 15 is 0 Å². The van der Waals surface area contributed by atoms with Crippen LogP contribution < -0.4 is 10.6 Å². The van der Waals surface area contributed by atoms with Crippen molar-refractivity contribution in [2.24, 2.45) is 4.99 Å². The number of benzene rings is 1. The largest absolute Gasteiger partial charge is 0.416 e. The molecule has 1 aliphatic heterocycles. The molecule has 2 N–H and O–H groups in total. The first-order valence-corrected chi connectivity index (χ1v) is 11.3. The minimum absolute atomic E-state index is 0. The maximum atomic E-state index is 12.8. The molecule has 0 spiro atoms. The molecule has 0 atom stereocenters. The van der Waals surface area contributed by atoms with E-state index in [0.717, 1.165) is 51.2 Å². The summed E-state index contributed by atoms with van der Waals surface area (Å²) >= 11 is 1.73. The van der Waals surface area contributed by atoms with Crippen molar-refractivity contribution in [2.45, 2.75) is 38.5 Å². The SMILES string of the molecule is CCNC(=NCC#Cc1cccc(C(F)(F)F)c1)NC1CCN(Cc2ccsc2)CC1.I. The van der Waals surface area contributed by atoms with Crippen LogP contribution in [0.5, 0.6) is 0 Å². The van der Waals surface area contributed by atoms with E-state index in [0.29, 0.717) is 17.6 Å². The number of nitrogens with one attached hydrogen (secondary N) is 2. The van der Waals surface area contributed by atoms with Crippen molar-refractivity contribution in [3.8, 4) is 11.8 Å². The van der Waals surface area contributed by atoms with Gasteiger partial charge in [-0.25, -0.2) is 4.99 Å². The van der Waals surface area contributed by atoms with E-state index in [1.165, 1.54) is 11.6 Å². The summed E-state index contributed by atoms with van der Waals surface area (Å²) in [4.78, 5) is 6.92. The van der Waals surface area contributed by atoms with Crippen molar-refractivity contribution < 1.29 is 13.2 Å². The van der Waals surface area contributed by atoms with Crippen LogP contribution in [0.1, 0.15) is 36.5 Å². The molecule has 3 rings (SSSR count). The lowest BCUT2D eigenvalue weighted by molar-refractivity contribution is -0.137. The third-order valence-corrected chi connectivity index (χ3v) is 5.73. The zero-order chi connectivity index (χ0) is 22.1. The summed E-state index contributed by atoms with van der Waals surface area (Å²) < 4.78 is 38.4. The molecule has 174 valence electrons. The molecule has 1 saturated heterocycles. The average Bonchev–Trinajstić information content (AvgIpc) is 3.25. The van der Waals surface area contributed by atoms with Crippen molar-refractivity contribution in [2.75, 3.05) is 26.2 Å². The molecular weight excluding hydrogens is 548 g/mol. The van der Waals surface area contributed by atoms with Crippen LogP contribution in [0.3, 0.4) is 0 Å². The number of aliphatic imine (C=N–C) groups is 1. The van der Waals surface area contributed by atoms with Crippen LogP contribution in [0.15, 0.2) is 46.1 Å². The lowest BCUT2D eigenvalue weighted by atomic mass is 10.0. The Balaban J connectivity index is 0.00000363. The molecule has 2 aromatic rings. The number of piperidine rings is 1. The van der Waals surface area contributed by atoms with Crippen LogP contribution in [0, 0.1) is 11.8 Å². The third-order valence-electron chi connectivity index (χ3n) is 5.00. The van der Waals surface area contributed by atoms with Gasteiger partial charge in [0.15, 0.2) is 5.96 Å². The van der Waals surface area contributed by atoms with E-state index in [4.69, 9.17) is 0 Å². The second-order valence-electron chi connectivity index (χ2n) is 7.40.